The molecule has 2 aromatic rings. The monoisotopic (exact) mass is 409 g/mol. The molecule has 3 heterocycles. The summed E-state index contributed by atoms with van der Waals surface area (Å²) in [5.41, 5.74) is 2.50. The van der Waals surface area contributed by atoms with Crippen molar-refractivity contribution in [3.8, 4) is 6.07 Å². The molecule has 1 aromatic carbocycles. The number of amides is 1. The molecule has 30 heavy (non-hydrogen) atoms. The molecule has 4 rings (SSSR count). The van der Waals surface area contributed by atoms with E-state index < -0.39 is 6.09 Å². The summed E-state index contributed by atoms with van der Waals surface area (Å²) in [6, 6.07) is 9.57. The topological polar surface area (TPSA) is 95.1 Å². The van der Waals surface area contributed by atoms with Crippen molar-refractivity contribution in [3.05, 3.63) is 45.7 Å². The minimum atomic E-state index is -0.966. The van der Waals surface area contributed by atoms with E-state index in [2.05, 4.69) is 32.2 Å². The molecule has 1 atom stereocenters. The van der Waals surface area contributed by atoms with Gasteiger partial charge in [0.25, 0.3) is 5.56 Å². The van der Waals surface area contributed by atoms with Gasteiger partial charge in [0.15, 0.2) is 0 Å². The van der Waals surface area contributed by atoms with E-state index >= 15 is 0 Å². The number of quaternary nitrogens is 1. The number of carbonyl (C=O) groups is 1. The summed E-state index contributed by atoms with van der Waals surface area (Å²) >= 11 is 0. The predicted molar refractivity (Wildman–Crippen MR) is 114 cm³/mol. The summed E-state index contributed by atoms with van der Waals surface area (Å²) < 4.78 is 2.67. The number of hydrogen-bond acceptors (Lipinski definition) is 3. The molecular weight excluding hydrogens is 380 g/mol. The Morgan fingerprint density at radius 2 is 1.93 bits per heavy atom. The normalized spacial score (nSPS) is 25.8. The largest absolute Gasteiger partial charge is 0.465 e. The van der Waals surface area contributed by atoms with Gasteiger partial charge in [0.1, 0.15) is 0 Å². The Morgan fingerprint density at radius 1 is 1.27 bits per heavy atom. The number of piperidine rings is 1. The average Bonchev–Trinajstić information content (AvgIpc) is 3.06. The van der Waals surface area contributed by atoms with Crippen molar-refractivity contribution in [2.75, 3.05) is 19.6 Å². The number of benzene rings is 1. The van der Waals surface area contributed by atoms with E-state index in [9.17, 15) is 14.9 Å². The van der Waals surface area contributed by atoms with Gasteiger partial charge in [-0.2, -0.15) is 5.26 Å². The lowest BCUT2D eigenvalue weighted by molar-refractivity contribution is -0.976. The van der Waals surface area contributed by atoms with Crippen LogP contribution in [-0.4, -0.2) is 51.5 Å². The van der Waals surface area contributed by atoms with Crippen LogP contribution in [0.3, 0.4) is 0 Å². The van der Waals surface area contributed by atoms with E-state index in [1.165, 1.54) is 0 Å². The van der Waals surface area contributed by atoms with Gasteiger partial charge in [-0.15, -0.1) is 0 Å². The second-order valence-electron chi connectivity index (χ2n) is 9.73. The van der Waals surface area contributed by atoms with Gasteiger partial charge in [0.2, 0.25) is 0 Å². The van der Waals surface area contributed by atoms with Crippen LogP contribution in [0.15, 0.2) is 29.1 Å². The molecule has 2 N–H and O–H groups in total. The minimum absolute atomic E-state index is 0.0161. The lowest BCUT2D eigenvalue weighted by Gasteiger charge is -2.53. The molecule has 2 aliphatic rings. The molecule has 0 spiro atoms. The van der Waals surface area contributed by atoms with Crippen LogP contribution in [0.4, 0.5) is 4.79 Å². The highest BCUT2D eigenvalue weighted by Gasteiger charge is 2.46. The van der Waals surface area contributed by atoms with Gasteiger partial charge in [-0.25, -0.2) is 4.79 Å². The summed E-state index contributed by atoms with van der Waals surface area (Å²) in [7, 11) is 0. The van der Waals surface area contributed by atoms with E-state index in [-0.39, 0.29) is 23.1 Å². The SMILES string of the molecule is CC(C)(C)[N+]1(CC2Cn3c(=O)ccc4ccc(C#N)c2c43)CCC(NC(=O)O)CC1. The molecule has 7 heteroatoms. The summed E-state index contributed by atoms with van der Waals surface area (Å²) in [4.78, 5) is 23.6. The number of pyridine rings is 1. The fourth-order valence-corrected chi connectivity index (χ4v) is 5.50. The molecule has 2 aliphatic heterocycles. The number of hydrogen-bond donors (Lipinski definition) is 2. The molecule has 1 saturated heterocycles. The number of rotatable bonds is 3. The Morgan fingerprint density at radius 3 is 2.53 bits per heavy atom. The van der Waals surface area contributed by atoms with E-state index in [1.54, 1.807) is 6.07 Å². The molecule has 0 radical (unpaired) electrons. The highest BCUT2D eigenvalue weighted by atomic mass is 16.4. The van der Waals surface area contributed by atoms with Gasteiger partial charge in [-0.3, -0.25) is 4.79 Å². The Bertz CT molecular complexity index is 1100. The van der Waals surface area contributed by atoms with Gasteiger partial charge >= 0.3 is 6.09 Å². The fraction of sp³-hybridized carbons (Fsp3) is 0.522. The van der Waals surface area contributed by atoms with Crippen molar-refractivity contribution in [2.45, 2.75) is 57.7 Å². The minimum Gasteiger partial charge on any atom is -0.465 e. The Hall–Kier alpha value is -2.85. The first-order valence-electron chi connectivity index (χ1n) is 10.6. The molecular formula is C23H29N4O3+. The van der Waals surface area contributed by atoms with E-state index in [1.807, 2.05) is 22.8 Å². The zero-order chi connectivity index (χ0) is 21.7. The first-order chi connectivity index (χ1) is 14.1. The quantitative estimate of drug-likeness (QED) is 0.762. The molecule has 1 amide bonds. The van der Waals surface area contributed by atoms with Gasteiger partial charge in [-0.1, -0.05) is 6.07 Å². The fourth-order valence-electron chi connectivity index (χ4n) is 5.50. The molecule has 1 fully saturated rings. The summed E-state index contributed by atoms with van der Waals surface area (Å²) in [5, 5.41) is 22.5. The van der Waals surface area contributed by atoms with Crippen LogP contribution in [0.5, 0.6) is 0 Å². The number of carboxylic acid groups (broad SMARTS) is 1. The van der Waals surface area contributed by atoms with Crippen LogP contribution in [0.1, 0.15) is 50.7 Å². The third-order valence-corrected chi connectivity index (χ3v) is 7.25. The van der Waals surface area contributed by atoms with Gasteiger partial charge < -0.3 is 19.5 Å². The zero-order valence-corrected chi connectivity index (χ0v) is 17.8. The third kappa shape index (κ3) is 3.25. The molecule has 0 saturated carbocycles. The van der Waals surface area contributed by atoms with Crippen LogP contribution in [0.2, 0.25) is 0 Å². The number of nitrogens with one attached hydrogen (secondary N) is 1. The van der Waals surface area contributed by atoms with E-state index in [4.69, 9.17) is 5.11 Å². The van der Waals surface area contributed by atoms with Crippen molar-refractivity contribution in [1.29, 1.82) is 5.26 Å². The second kappa shape index (κ2) is 7.13. The maximum atomic E-state index is 12.6. The molecule has 0 bridgehead atoms. The first-order valence-corrected chi connectivity index (χ1v) is 10.6. The lowest BCUT2D eigenvalue weighted by Crippen LogP contribution is -2.66. The van der Waals surface area contributed by atoms with Crippen LogP contribution in [-0.2, 0) is 6.54 Å². The summed E-state index contributed by atoms with van der Waals surface area (Å²) in [5.74, 6) is 0.0849. The van der Waals surface area contributed by atoms with Crippen molar-refractivity contribution in [2.24, 2.45) is 0 Å². The van der Waals surface area contributed by atoms with Crippen LogP contribution >= 0.6 is 0 Å². The third-order valence-electron chi connectivity index (χ3n) is 7.25. The van der Waals surface area contributed by atoms with Crippen molar-refractivity contribution in [3.63, 3.8) is 0 Å². The number of aromatic nitrogens is 1. The van der Waals surface area contributed by atoms with Crippen molar-refractivity contribution >= 4 is 17.0 Å². The van der Waals surface area contributed by atoms with E-state index in [0.29, 0.717) is 12.1 Å². The average molecular weight is 410 g/mol. The number of nitriles is 1. The Kier molecular flexibility index (Phi) is 4.86. The van der Waals surface area contributed by atoms with Crippen molar-refractivity contribution < 1.29 is 14.4 Å². The maximum absolute atomic E-state index is 12.6. The summed E-state index contributed by atoms with van der Waals surface area (Å²) in [6.45, 7) is 9.87. The highest BCUT2D eigenvalue weighted by molar-refractivity contribution is 5.86. The van der Waals surface area contributed by atoms with Crippen LogP contribution < -0.4 is 10.9 Å². The number of nitrogens with zero attached hydrogens (tertiary/aromatic N) is 3. The van der Waals surface area contributed by atoms with Gasteiger partial charge in [0, 0.05) is 37.1 Å². The zero-order valence-electron chi connectivity index (χ0n) is 17.8. The molecule has 0 aliphatic carbocycles. The summed E-state index contributed by atoms with van der Waals surface area (Å²) in [6.07, 6.45) is 0.614. The highest BCUT2D eigenvalue weighted by Crippen LogP contribution is 2.40. The molecule has 7 nitrogen and oxygen atoms in total. The number of likely N-dealkylation sites (tertiary alicyclic amines) is 1. The van der Waals surface area contributed by atoms with Crippen LogP contribution in [0, 0.1) is 11.3 Å². The Balaban J connectivity index is 1.71. The lowest BCUT2D eigenvalue weighted by atomic mass is 9.87. The molecule has 158 valence electrons. The maximum Gasteiger partial charge on any atom is 0.404 e. The van der Waals surface area contributed by atoms with Crippen LogP contribution in [0.25, 0.3) is 10.9 Å². The Labute approximate surface area is 176 Å². The molecule has 1 unspecified atom stereocenters. The smallest absolute Gasteiger partial charge is 0.404 e. The molecule has 1 aromatic heterocycles. The second-order valence-corrected chi connectivity index (χ2v) is 9.73. The predicted octanol–water partition coefficient (Wildman–Crippen LogP) is 3.02. The van der Waals surface area contributed by atoms with Crippen molar-refractivity contribution in [1.82, 2.24) is 9.88 Å². The standard InChI is InChI=1S/C23H28N4O3/c1-23(2,3)27(10-8-18(9-11-27)25-22(29)30)14-17-13-26-19(28)7-6-15-4-5-16(12-24)20(17)21(15)26/h4-7,17-18,25H,8-11,13-14H2,1-3H3/p+1. The van der Waals surface area contributed by atoms with Gasteiger partial charge in [0.05, 0.1) is 48.2 Å². The first kappa shape index (κ1) is 20.4. The van der Waals surface area contributed by atoms with Gasteiger partial charge in [-0.05, 0) is 38.3 Å². The van der Waals surface area contributed by atoms with E-state index in [0.717, 1.165) is 53.4 Å².